The highest BCUT2D eigenvalue weighted by Crippen LogP contribution is 2.26. The molecule has 1 atom stereocenters. The van der Waals surface area contributed by atoms with E-state index in [2.05, 4.69) is 16.8 Å². The lowest BCUT2D eigenvalue weighted by molar-refractivity contribution is 0.650. The van der Waals surface area contributed by atoms with Crippen molar-refractivity contribution >= 4 is 11.3 Å². The van der Waals surface area contributed by atoms with Crippen LogP contribution in [0.4, 0.5) is 0 Å². The lowest BCUT2D eigenvalue weighted by atomic mass is 10.1. The van der Waals surface area contributed by atoms with Crippen LogP contribution in [0.3, 0.4) is 0 Å². The first-order chi connectivity index (χ1) is 5.90. The van der Waals surface area contributed by atoms with Gasteiger partial charge in [0.2, 0.25) is 0 Å². The van der Waals surface area contributed by atoms with Crippen molar-refractivity contribution in [3.8, 4) is 6.07 Å². The van der Waals surface area contributed by atoms with E-state index in [0.29, 0.717) is 6.04 Å². The molecule has 2 nitrogen and oxygen atoms in total. The first-order valence-electron chi connectivity index (χ1n) is 4.12. The molecule has 3 heteroatoms. The van der Waals surface area contributed by atoms with Crippen molar-refractivity contribution in [2.45, 2.75) is 18.9 Å². The van der Waals surface area contributed by atoms with E-state index < -0.39 is 0 Å². The Hall–Kier alpha value is -0.850. The molecule has 1 aliphatic heterocycles. The zero-order valence-electron chi connectivity index (χ0n) is 6.71. The predicted molar refractivity (Wildman–Crippen MR) is 49.0 cm³/mol. The van der Waals surface area contributed by atoms with E-state index in [1.807, 2.05) is 6.07 Å². The van der Waals surface area contributed by atoms with E-state index in [1.54, 1.807) is 0 Å². The van der Waals surface area contributed by atoms with E-state index in [0.717, 1.165) is 11.4 Å². The van der Waals surface area contributed by atoms with Crippen molar-refractivity contribution in [1.29, 1.82) is 5.26 Å². The monoisotopic (exact) mass is 178 g/mol. The minimum atomic E-state index is 0.503. The fraction of sp³-hybridized carbons (Fsp3) is 0.444. The molecule has 0 bridgehead atoms. The van der Waals surface area contributed by atoms with Gasteiger partial charge in [-0.3, -0.25) is 0 Å². The number of hydrogen-bond donors (Lipinski definition) is 1. The van der Waals surface area contributed by atoms with Crippen LogP contribution in [0.15, 0.2) is 11.4 Å². The van der Waals surface area contributed by atoms with Crippen molar-refractivity contribution < 1.29 is 0 Å². The Bertz CT molecular complexity index is 305. The van der Waals surface area contributed by atoms with E-state index in [4.69, 9.17) is 5.26 Å². The summed E-state index contributed by atoms with van der Waals surface area (Å²) in [5.41, 5.74) is 1.29. The lowest BCUT2D eigenvalue weighted by Crippen LogP contribution is -2.11. The van der Waals surface area contributed by atoms with Crippen LogP contribution in [-0.4, -0.2) is 6.54 Å². The molecule has 1 saturated heterocycles. The van der Waals surface area contributed by atoms with Gasteiger partial charge in [0.25, 0.3) is 0 Å². The Labute approximate surface area is 75.8 Å². The van der Waals surface area contributed by atoms with Crippen LogP contribution in [0.5, 0.6) is 0 Å². The van der Waals surface area contributed by atoms with Crippen molar-refractivity contribution in [2.24, 2.45) is 0 Å². The van der Waals surface area contributed by atoms with Gasteiger partial charge in [0.05, 0.1) is 0 Å². The molecule has 2 rings (SSSR count). The molecule has 1 aliphatic rings. The van der Waals surface area contributed by atoms with Crippen LogP contribution in [0.25, 0.3) is 0 Å². The zero-order chi connectivity index (χ0) is 8.39. The van der Waals surface area contributed by atoms with Crippen LogP contribution in [-0.2, 0) is 0 Å². The van der Waals surface area contributed by atoms with Gasteiger partial charge < -0.3 is 5.32 Å². The second-order valence-corrected chi connectivity index (χ2v) is 3.92. The molecular weight excluding hydrogens is 168 g/mol. The second kappa shape index (κ2) is 3.26. The molecule has 1 aromatic rings. The predicted octanol–water partition coefficient (Wildman–Crippen LogP) is 2.04. The number of nitriles is 1. The van der Waals surface area contributed by atoms with Crippen molar-refractivity contribution in [2.75, 3.05) is 6.54 Å². The molecule has 1 aromatic heterocycles. The van der Waals surface area contributed by atoms with E-state index in [9.17, 15) is 0 Å². The van der Waals surface area contributed by atoms with Gasteiger partial charge in [0.15, 0.2) is 0 Å². The number of thiophene rings is 1. The van der Waals surface area contributed by atoms with Gasteiger partial charge in [-0.15, -0.1) is 11.3 Å². The fourth-order valence-electron chi connectivity index (χ4n) is 1.56. The summed E-state index contributed by atoms with van der Waals surface area (Å²) in [7, 11) is 0. The van der Waals surface area contributed by atoms with Gasteiger partial charge in [-0.25, -0.2) is 0 Å². The summed E-state index contributed by atoms with van der Waals surface area (Å²) in [4.78, 5) is 0.818. The molecule has 0 aromatic carbocycles. The summed E-state index contributed by atoms with van der Waals surface area (Å²) < 4.78 is 0. The quantitative estimate of drug-likeness (QED) is 0.714. The van der Waals surface area contributed by atoms with Crippen LogP contribution < -0.4 is 5.32 Å². The maximum atomic E-state index is 8.63. The average molecular weight is 178 g/mol. The molecule has 0 aliphatic carbocycles. The van der Waals surface area contributed by atoms with Gasteiger partial charge in [-0.2, -0.15) is 5.26 Å². The largest absolute Gasteiger partial charge is 0.310 e. The van der Waals surface area contributed by atoms with Gasteiger partial charge >= 0.3 is 0 Å². The summed E-state index contributed by atoms with van der Waals surface area (Å²) in [6, 6.07) is 4.66. The van der Waals surface area contributed by atoms with Gasteiger partial charge in [0.1, 0.15) is 10.9 Å². The minimum Gasteiger partial charge on any atom is -0.310 e. The smallest absolute Gasteiger partial charge is 0.110 e. The molecule has 0 radical (unpaired) electrons. The number of rotatable bonds is 1. The maximum absolute atomic E-state index is 8.63. The third-order valence-electron chi connectivity index (χ3n) is 2.19. The Balaban J connectivity index is 2.17. The van der Waals surface area contributed by atoms with Crippen LogP contribution in [0, 0.1) is 11.3 Å². The number of nitrogens with one attached hydrogen (secondary N) is 1. The molecular formula is C9H10N2S. The molecule has 0 spiro atoms. The normalized spacial score (nSPS) is 22.4. The van der Waals surface area contributed by atoms with Crippen LogP contribution in [0.1, 0.15) is 29.3 Å². The summed E-state index contributed by atoms with van der Waals surface area (Å²) in [5.74, 6) is 0. The molecule has 1 fully saturated rings. The Kier molecular flexibility index (Phi) is 2.11. The Morgan fingerprint density at radius 3 is 3.17 bits per heavy atom. The average Bonchev–Trinajstić information content (AvgIpc) is 2.75. The zero-order valence-corrected chi connectivity index (χ0v) is 7.53. The fourth-order valence-corrected chi connectivity index (χ4v) is 2.31. The summed E-state index contributed by atoms with van der Waals surface area (Å²) in [5, 5.41) is 14.1. The highest BCUT2D eigenvalue weighted by atomic mass is 32.1. The van der Waals surface area contributed by atoms with Crippen molar-refractivity contribution in [1.82, 2.24) is 5.32 Å². The van der Waals surface area contributed by atoms with Gasteiger partial charge in [-0.1, -0.05) is 0 Å². The van der Waals surface area contributed by atoms with Crippen LogP contribution in [0.2, 0.25) is 0 Å². The number of nitrogens with zero attached hydrogens (tertiary/aromatic N) is 1. The SMILES string of the molecule is N#Cc1cc(C2CCCN2)cs1. The van der Waals surface area contributed by atoms with E-state index >= 15 is 0 Å². The van der Waals surface area contributed by atoms with E-state index in [1.165, 1.54) is 29.7 Å². The lowest BCUT2D eigenvalue weighted by Gasteiger charge is -2.05. The summed E-state index contributed by atoms with van der Waals surface area (Å²) in [6.07, 6.45) is 2.46. The first-order valence-corrected chi connectivity index (χ1v) is 5.00. The molecule has 0 amide bonds. The molecule has 1 N–H and O–H groups in total. The maximum Gasteiger partial charge on any atom is 0.110 e. The molecule has 12 heavy (non-hydrogen) atoms. The molecule has 0 saturated carbocycles. The third-order valence-corrected chi connectivity index (χ3v) is 3.05. The summed E-state index contributed by atoms with van der Waals surface area (Å²) >= 11 is 1.54. The Morgan fingerprint density at radius 1 is 1.67 bits per heavy atom. The third kappa shape index (κ3) is 1.36. The highest BCUT2D eigenvalue weighted by molar-refractivity contribution is 7.10. The number of hydrogen-bond acceptors (Lipinski definition) is 3. The standard InChI is InChI=1S/C9H10N2S/c10-5-8-4-7(6-12-8)9-2-1-3-11-9/h4,6,9,11H,1-3H2. The summed E-state index contributed by atoms with van der Waals surface area (Å²) in [6.45, 7) is 1.11. The highest BCUT2D eigenvalue weighted by Gasteiger charge is 2.16. The topological polar surface area (TPSA) is 35.8 Å². The Morgan fingerprint density at radius 2 is 2.58 bits per heavy atom. The van der Waals surface area contributed by atoms with Gasteiger partial charge in [0, 0.05) is 6.04 Å². The second-order valence-electron chi connectivity index (χ2n) is 3.01. The molecule has 2 heterocycles. The molecule has 62 valence electrons. The minimum absolute atomic E-state index is 0.503. The van der Waals surface area contributed by atoms with E-state index in [-0.39, 0.29) is 0 Å². The van der Waals surface area contributed by atoms with Crippen LogP contribution >= 0.6 is 11.3 Å². The first kappa shape index (κ1) is 7.78. The van der Waals surface area contributed by atoms with Gasteiger partial charge in [-0.05, 0) is 36.4 Å². The molecule has 1 unspecified atom stereocenters. The van der Waals surface area contributed by atoms with Crippen molar-refractivity contribution in [3.63, 3.8) is 0 Å². The van der Waals surface area contributed by atoms with Crippen molar-refractivity contribution in [3.05, 3.63) is 21.9 Å².